The summed E-state index contributed by atoms with van der Waals surface area (Å²) in [6.45, 7) is 23.3. The van der Waals surface area contributed by atoms with Gasteiger partial charge in [0, 0.05) is 0 Å². The minimum atomic E-state index is -0.120. The van der Waals surface area contributed by atoms with Gasteiger partial charge in [-0.25, -0.2) is 0 Å². The minimum Gasteiger partial charge on any atom is -0.495 e. The molecule has 196 valence electrons. The summed E-state index contributed by atoms with van der Waals surface area (Å²) in [5.41, 5.74) is 15.0. The van der Waals surface area contributed by atoms with Crippen LogP contribution < -0.4 is 5.73 Å². The van der Waals surface area contributed by atoms with Crippen LogP contribution >= 0.6 is 0 Å². The van der Waals surface area contributed by atoms with Gasteiger partial charge in [0.25, 0.3) is 0 Å². The van der Waals surface area contributed by atoms with E-state index in [2.05, 4.69) is 91.8 Å². The van der Waals surface area contributed by atoms with Gasteiger partial charge < -0.3 is 10.8 Å². The van der Waals surface area contributed by atoms with Crippen LogP contribution in [0.25, 0.3) is 0 Å². The molecule has 2 aromatic carbocycles. The van der Waals surface area contributed by atoms with Crippen LogP contribution in [0.3, 0.4) is 0 Å². The lowest BCUT2D eigenvalue weighted by atomic mass is 9.83. The maximum Gasteiger partial charge on any atom is 0.176 e. The van der Waals surface area contributed by atoms with E-state index >= 15 is 0 Å². The summed E-state index contributed by atoms with van der Waals surface area (Å²) in [6, 6.07) is 16.7. The van der Waals surface area contributed by atoms with Crippen molar-refractivity contribution >= 4 is 0 Å². The molecule has 0 radical (unpaired) electrons. The van der Waals surface area contributed by atoms with Gasteiger partial charge in [-0.05, 0) is 96.4 Å². The lowest BCUT2D eigenvalue weighted by Crippen LogP contribution is -2.07. The monoisotopic (exact) mass is 479 g/mol. The van der Waals surface area contributed by atoms with Crippen molar-refractivity contribution in [3.8, 4) is 0 Å². The zero-order chi connectivity index (χ0) is 27.4. The molecule has 0 saturated carbocycles. The van der Waals surface area contributed by atoms with Gasteiger partial charge in [0.1, 0.15) is 0 Å². The molecular weight excluding hydrogens is 426 g/mol. The maximum atomic E-state index is 8.00. The highest BCUT2D eigenvalue weighted by molar-refractivity contribution is 5.33. The Bertz CT molecular complexity index is 880. The van der Waals surface area contributed by atoms with Crippen molar-refractivity contribution < 1.29 is 5.11 Å². The summed E-state index contributed by atoms with van der Waals surface area (Å²) < 4.78 is 0. The van der Waals surface area contributed by atoms with Gasteiger partial charge in [-0.3, -0.25) is 0 Å². The van der Waals surface area contributed by atoms with Crippen molar-refractivity contribution in [2.45, 2.75) is 95.4 Å². The van der Waals surface area contributed by atoms with E-state index in [0.29, 0.717) is 0 Å². The van der Waals surface area contributed by atoms with Gasteiger partial charge in [0.2, 0.25) is 0 Å². The molecule has 1 aliphatic rings. The van der Waals surface area contributed by atoms with Crippen molar-refractivity contribution in [1.29, 1.82) is 0 Å². The second kappa shape index (κ2) is 20.6. The maximum absolute atomic E-state index is 8.00. The molecule has 2 aromatic rings. The Hall–Kier alpha value is -2.74. The first-order chi connectivity index (χ1) is 16.6. The molecule has 35 heavy (non-hydrogen) atoms. The van der Waals surface area contributed by atoms with Crippen LogP contribution in [0, 0.1) is 26.7 Å². The van der Waals surface area contributed by atoms with Crippen LogP contribution in [0.1, 0.15) is 90.5 Å². The number of rotatable bonds is 2. The third kappa shape index (κ3) is 15.7. The molecule has 0 fully saturated rings. The van der Waals surface area contributed by atoms with Crippen molar-refractivity contribution in [2.24, 2.45) is 11.7 Å². The van der Waals surface area contributed by atoms with Crippen LogP contribution in [-0.2, 0) is 6.42 Å². The number of hydrogen-bond acceptors (Lipinski definition) is 2. The molecule has 0 bridgehead atoms. The number of hydrogen-bond donors (Lipinski definition) is 2. The Balaban J connectivity index is 0. The summed E-state index contributed by atoms with van der Waals surface area (Å²) in [4.78, 5) is 0. The lowest BCUT2D eigenvalue weighted by Gasteiger charge is -2.22. The molecule has 0 aromatic heterocycles. The zero-order valence-electron chi connectivity index (χ0n) is 24.5. The molecular formula is C33H53NO. The van der Waals surface area contributed by atoms with Gasteiger partial charge >= 0.3 is 0 Å². The normalized spacial score (nSPS) is 14.4. The number of aliphatic hydroxyl groups is 1. The molecule has 3 rings (SSSR count). The molecule has 1 aliphatic carbocycles. The third-order valence-corrected chi connectivity index (χ3v) is 5.99. The minimum absolute atomic E-state index is 0.120. The molecule has 0 saturated heterocycles. The van der Waals surface area contributed by atoms with Crippen molar-refractivity contribution in [1.82, 2.24) is 0 Å². The first kappa shape index (κ1) is 34.4. The molecule has 0 amide bonds. The largest absolute Gasteiger partial charge is 0.495 e. The summed E-state index contributed by atoms with van der Waals surface area (Å²) in [5, 5.41) is 8.00. The van der Waals surface area contributed by atoms with E-state index in [1.54, 1.807) is 18.1 Å². The van der Waals surface area contributed by atoms with Crippen molar-refractivity contribution in [3.63, 3.8) is 0 Å². The third-order valence-electron chi connectivity index (χ3n) is 5.99. The smallest absolute Gasteiger partial charge is 0.176 e. The SMILES string of the molecule is C/C=C(/N)O.CC.CCC1CC(C)=CC(C)=C1C.CCc1c(C)cccc1C.Cc1ccccc1. The van der Waals surface area contributed by atoms with E-state index in [1.807, 2.05) is 32.0 Å². The number of benzene rings is 2. The second-order valence-electron chi connectivity index (χ2n) is 8.76. The van der Waals surface area contributed by atoms with E-state index < -0.39 is 0 Å². The van der Waals surface area contributed by atoms with Gasteiger partial charge in [-0.15, -0.1) is 0 Å². The van der Waals surface area contributed by atoms with E-state index in [9.17, 15) is 0 Å². The standard InChI is InChI=1S/C11H18.C10H14.C7H8.C3H7NO.C2H6/c1-5-11-7-8(2)6-9(3)10(11)4;1-4-10-8(2)6-5-7-9(10)3;1-7-5-3-2-4-6-7;1-2-3(4)5;1-2/h6,11H,5,7H2,1-4H3;5-7H,4H2,1-3H3;2-6H,1H3;2,5H,4H2,1H3;1-2H3/b;;;3-2-;. The fourth-order valence-electron chi connectivity index (χ4n) is 3.80. The predicted molar refractivity (Wildman–Crippen MR) is 159 cm³/mol. The molecule has 0 aliphatic heterocycles. The molecule has 2 heteroatoms. The fraction of sp³-hybridized carbons (Fsp3) is 0.455. The average Bonchev–Trinajstić information content (AvgIpc) is 2.84. The summed E-state index contributed by atoms with van der Waals surface area (Å²) in [7, 11) is 0. The van der Waals surface area contributed by atoms with Gasteiger partial charge in [-0.1, -0.05) is 105 Å². The molecule has 0 heterocycles. The van der Waals surface area contributed by atoms with Crippen LogP contribution in [-0.4, -0.2) is 5.11 Å². The van der Waals surface area contributed by atoms with Crippen LogP contribution in [0.15, 0.2) is 83.3 Å². The number of nitrogens with two attached hydrogens (primary N) is 1. The molecule has 3 N–H and O–H groups in total. The van der Waals surface area contributed by atoms with Gasteiger partial charge in [0.05, 0.1) is 0 Å². The quantitative estimate of drug-likeness (QED) is 0.421. The van der Waals surface area contributed by atoms with Crippen molar-refractivity contribution in [2.75, 3.05) is 0 Å². The van der Waals surface area contributed by atoms with Crippen molar-refractivity contribution in [3.05, 3.63) is 106 Å². The Kier molecular flexibility index (Phi) is 20.3. The highest BCUT2D eigenvalue weighted by Gasteiger charge is 2.14. The Morgan fingerprint density at radius 3 is 1.69 bits per heavy atom. The topological polar surface area (TPSA) is 46.2 Å². The Labute approximate surface area is 217 Å². The first-order valence-corrected chi connectivity index (χ1v) is 13.1. The second-order valence-corrected chi connectivity index (χ2v) is 8.76. The number of aryl methyl sites for hydroxylation is 3. The van der Waals surface area contributed by atoms with E-state index in [0.717, 1.165) is 12.3 Å². The predicted octanol–water partition coefficient (Wildman–Crippen LogP) is 9.95. The summed E-state index contributed by atoms with van der Waals surface area (Å²) in [5.74, 6) is 0.699. The zero-order valence-corrected chi connectivity index (χ0v) is 24.5. The summed E-state index contributed by atoms with van der Waals surface area (Å²) in [6.07, 6.45) is 7.45. The van der Waals surface area contributed by atoms with Crippen LogP contribution in [0.4, 0.5) is 0 Å². The van der Waals surface area contributed by atoms with E-state index in [-0.39, 0.29) is 5.88 Å². The fourth-order valence-corrected chi connectivity index (χ4v) is 3.80. The Morgan fingerprint density at radius 2 is 1.37 bits per heavy atom. The molecule has 1 unspecified atom stereocenters. The van der Waals surface area contributed by atoms with E-state index in [4.69, 9.17) is 10.8 Å². The number of allylic oxidation sites excluding steroid dienone is 5. The summed E-state index contributed by atoms with van der Waals surface area (Å²) >= 11 is 0. The van der Waals surface area contributed by atoms with Crippen LogP contribution in [0.5, 0.6) is 0 Å². The number of aliphatic hydroxyl groups excluding tert-OH is 1. The van der Waals surface area contributed by atoms with E-state index in [1.165, 1.54) is 46.7 Å². The molecule has 0 spiro atoms. The highest BCUT2D eigenvalue weighted by Crippen LogP contribution is 2.30. The molecule has 1 atom stereocenters. The first-order valence-electron chi connectivity index (χ1n) is 13.1. The van der Waals surface area contributed by atoms with Gasteiger partial charge in [0.15, 0.2) is 5.88 Å². The van der Waals surface area contributed by atoms with Gasteiger partial charge in [-0.2, -0.15) is 0 Å². The lowest BCUT2D eigenvalue weighted by molar-refractivity contribution is 0.404. The highest BCUT2D eigenvalue weighted by atomic mass is 16.3. The molecule has 2 nitrogen and oxygen atoms in total. The Morgan fingerprint density at radius 1 is 0.886 bits per heavy atom. The van der Waals surface area contributed by atoms with Crippen LogP contribution in [0.2, 0.25) is 0 Å². The average molecular weight is 480 g/mol.